The van der Waals surface area contributed by atoms with Crippen molar-refractivity contribution in [3.63, 3.8) is 0 Å². The van der Waals surface area contributed by atoms with Gasteiger partial charge in [-0.25, -0.2) is 0 Å². The maximum atomic E-state index is 11.7. The minimum absolute atomic E-state index is 0.0699. The Morgan fingerprint density at radius 2 is 2.00 bits per heavy atom. The lowest BCUT2D eigenvalue weighted by molar-refractivity contribution is 0.0947. The molecule has 100 valence electrons. The van der Waals surface area contributed by atoms with Crippen LogP contribution >= 0.6 is 0 Å². The van der Waals surface area contributed by atoms with Gasteiger partial charge in [-0.2, -0.15) is 0 Å². The fraction of sp³-hybridized carbons (Fsp3) is 0.615. The van der Waals surface area contributed by atoms with Crippen molar-refractivity contribution in [1.82, 2.24) is 15.5 Å². The van der Waals surface area contributed by atoms with Crippen LogP contribution in [0.4, 0.5) is 5.82 Å². The van der Waals surface area contributed by atoms with E-state index in [1.807, 2.05) is 20.8 Å². The highest BCUT2D eigenvalue weighted by Gasteiger charge is 2.12. The number of nitrogens with zero attached hydrogens (tertiary/aromatic N) is 2. The molecule has 0 radical (unpaired) electrons. The van der Waals surface area contributed by atoms with Gasteiger partial charge < -0.3 is 10.6 Å². The molecule has 0 unspecified atom stereocenters. The van der Waals surface area contributed by atoms with Gasteiger partial charge >= 0.3 is 0 Å². The van der Waals surface area contributed by atoms with Gasteiger partial charge in [0, 0.05) is 12.1 Å². The van der Waals surface area contributed by atoms with E-state index in [-0.39, 0.29) is 11.4 Å². The largest absolute Gasteiger partial charge is 0.364 e. The minimum Gasteiger partial charge on any atom is -0.364 e. The van der Waals surface area contributed by atoms with Crippen molar-refractivity contribution in [2.24, 2.45) is 0 Å². The van der Waals surface area contributed by atoms with Gasteiger partial charge in [-0.3, -0.25) is 4.79 Å². The van der Waals surface area contributed by atoms with E-state index in [0.717, 1.165) is 12.8 Å². The molecule has 0 saturated heterocycles. The Hall–Kier alpha value is -1.65. The standard InChI is InChI=1S/C13H22N4O/c1-5-6-9-14-12(18)10-7-8-11(17-16-10)15-13(2,3)4/h7-8H,5-6,9H2,1-4H3,(H,14,18)(H,15,17). The minimum atomic E-state index is -0.168. The maximum Gasteiger partial charge on any atom is 0.271 e. The second-order valence-electron chi connectivity index (χ2n) is 5.29. The molecule has 0 aliphatic heterocycles. The average Bonchev–Trinajstić information content (AvgIpc) is 2.28. The van der Waals surface area contributed by atoms with Crippen molar-refractivity contribution in [3.05, 3.63) is 17.8 Å². The highest BCUT2D eigenvalue weighted by Crippen LogP contribution is 2.10. The van der Waals surface area contributed by atoms with Crippen LogP contribution in [0.1, 0.15) is 51.0 Å². The number of anilines is 1. The van der Waals surface area contributed by atoms with E-state index in [1.54, 1.807) is 12.1 Å². The molecule has 1 heterocycles. The Kier molecular flexibility index (Phi) is 5.07. The molecule has 0 spiro atoms. The van der Waals surface area contributed by atoms with E-state index in [0.29, 0.717) is 18.1 Å². The van der Waals surface area contributed by atoms with Crippen molar-refractivity contribution in [2.45, 2.75) is 46.1 Å². The summed E-state index contributed by atoms with van der Waals surface area (Å²) in [6.07, 6.45) is 2.03. The number of nitrogens with one attached hydrogen (secondary N) is 2. The third kappa shape index (κ3) is 5.12. The van der Waals surface area contributed by atoms with E-state index in [9.17, 15) is 4.79 Å². The Bertz CT molecular complexity index is 381. The molecule has 1 rings (SSSR count). The molecule has 0 saturated carbocycles. The Morgan fingerprint density at radius 3 is 2.50 bits per heavy atom. The van der Waals surface area contributed by atoms with Crippen LogP contribution in [-0.4, -0.2) is 28.2 Å². The molecule has 0 aliphatic rings. The lowest BCUT2D eigenvalue weighted by Crippen LogP contribution is -2.28. The van der Waals surface area contributed by atoms with Gasteiger partial charge in [0.15, 0.2) is 5.69 Å². The van der Waals surface area contributed by atoms with E-state index in [4.69, 9.17) is 0 Å². The van der Waals surface area contributed by atoms with Crippen molar-refractivity contribution in [2.75, 3.05) is 11.9 Å². The number of amides is 1. The Labute approximate surface area is 108 Å². The number of aromatic nitrogens is 2. The third-order valence-corrected chi connectivity index (χ3v) is 2.22. The van der Waals surface area contributed by atoms with Crippen LogP contribution in [-0.2, 0) is 0 Å². The highest BCUT2D eigenvalue weighted by atomic mass is 16.1. The first-order chi connectivity index (χ1) is 8.42. The molecule has 1 amide bonds. The number of hydrogen-bond donors (Lipinski definition) is 2. The molecule has 18 heavy (non-hydrogen) atoms. The number of hydrogen-bond acceptors (Lipinski definition) is 4. The molecule has 5 nitrogen and oxygen atoms in total. The van der Waals surface area contributed by atoms with Gasteiger partial charge in [0.25, 0.3) is 5.91 Å². The van der Waals surface area contributed by atoms with Crippen LogP contribution in [0.15, 0.2) is 12.1 Å². The van der Waals surface area contributed by atoms with Gasteiger partial charge in [0.05, 0.1) is 0 Å². The first-order valence-corrected chi connectivity index (χ1v) is 6.32. The number of carbonyl (C=O) groups is 1. The summed E-state index contributed by atoms with van der Waals surface area (Å²) in [6.45, 7) is 8.89. The Balaban J connectivity index is 2.57. The smallest absolute Gasteiger partial charge is 0.271 e. The van der Waals surface area contributed by atoms with Gasteiger partial charge in [0.1, 0.15) is 5.82 Å². The molecule has 0 bridgehead atoms. The number of unbranched alkanes of at least 4 members (excludes halogenated alkanes) is 1. The summed E-state index contributed by atoms with van der Waals surface area (Å²) in [5, 5.41) is 13.9. The number of rotatable bonds is 5. The predicted molar refractivity (Wildman–Crippen MR) is 72.6 cm³/mol. The summed E-state index contributed by atoms with van der Waals surface area (Å²) in [5.74, 6) is 0.505. The van der Waals surface area contributed by atoms with Gasteiger partial charge in [0.2, 0.25) is 0 Å². The molecular formula is C13H22N4O. The summed E-state index contributed by atoms with van der Waals surface area (Å²) in [4.78, 5) is 11.7. The van der Waals surface area contributed by atoms with Crippen LogP contribution in [0.2, 0.25) is 0 Å². The van der Waals surface area contributed by atoms with Gasteiger partial charge in [-0.05, 0) is 39.3 Å². The molecule has 1 aromatic rings. The van der Waals surface area contributed by atoms with E-state index in [1.165, 1.54) is 0 Å². The summed E-state index contributed by atoms with van der Waals surface area (Å²) in [7, 11) is 0. The van der Waals surface area contributed by atoms with E-state index < -0.39 is 0 Å². The summed E-state index contributed by atoms with van der Waals surface area (Å²) in [6, 6.07) is 3.45. The van der Waals surface area contributed by atoms with E-state index in [2.05, 4.69) is 27.8 Å². The van der Waals surface area contributed by atoms with Crippen LogP contribution in [0, 0.1) is 0 Å². The molecule has 5 heteroatoms. The molecule has 0 aliphatic carbocycles. The zero-order valence-electron chi connectivity index (χ0n) is 11.6. The highest BCUT2D eigenvalue weighted by molar-refractivity contribution is 5.92. The van der Waals surface area contributed by atoms with Crippen LogP contribution in [0.5, 0.6) is 0 Å². The Morgan fingerprint density at radius 1 is 1.28 bits per heavy atom. The summed E-state index contributed by atoms with van der Waals surface area (Å²) < 4.78 is 0. The molecule has 0 atom stereocenters. The normalized spacial score (nSPS) is 11.1. The number of carbonyl (C=O) groups excluding carboxylic acids is 1. The zero-order valence-corrected chi connectivity index (χ0v) is 11.6. The summed E-state index contributed by atoms with van der Waals surface area (Å²) in [5.41, 5.74) is 0.283. The van der Waals surface area contributed by atoms with Gasteiger partial charge in [-0.15, -0.1) is 10.2 Å². The van der Waals surface area contributed by atoms with Crippen molar-refractivity contribution < 1.29 is 4.79 Å². The topological polar surface area (TPSA) is 66.9 Å². The first-order valence-electron chi connectivity index (χ1n) is 6.32. The van der Waals surface area contributed by atoms with Crippen molar-refractivity contribution >= 4 is 11.7 Å². The molecule has 1 aromatic heterocycles. The third-order valence-electron chi connectivity index (χ3n) is 2.22. The molecule has 2 N–H and O–H groups in total. The van der Waals surface area contributed by atoms with Crippen LogP contribution < -0.4 is 10.6 Å². The maximum absolute atomic E-state index is 11.7. The van der Waals surface area contributed by atoms with Crippen LogP contribution in [0.25, 0.3) is 0 Å². The molecule has 0 fully saturated rings. The predicted octanol–water partition coefficient (Wildman–Crippen LogP) is 2.22. The molecular weight excluding hydrogens is 228 g/mol. The second-order valence-corrected chi connectivity index (χ2v) is 5.29. The van der Waals surface area contributed by atoms with Crippen LogP contribution in [0.3, 0.4) is 0 Å². The van der Waals surface area contributed by atoms with Crippen molar-refractivity contribution in [3.8, 4) is 0 Å². The van der Waals surface area contributed by atoms with Gasteiger partial charge in [-0.1, -0.05) is 13.3 Å². The average molecular weight is 250 g/mol. The monoisotopic (exact) mass is 250 g/mol. The fourth-order valence-electron chi connectivity index (χ4n) is 1.37. The lowest BCUT2D eigenvalue weighted by atomic mass is 10.1. The lowest BCUT2D eigenvalue weighted by Gasteiger charge is -2.20. The SMILES string of the molecule is CCCCNC(=O)c1ccc(NC(C)(C)C)nn1. The van der Waals surface area contributed by atoms with E-state index >= 15 is 0 Å². The quantitative estimate of drug-likeness (QED) is 0.786. The zero-order chi connectivity index (χ0) is 13.6. The first kappa shape index (κ1) is 14.4. The second kappa shape index (κ2) is 6.33. The molecule has 0 aromatic carbocycles. The van der Waals surface area contributed by atoms with Crippen molar-refractivity contribution in [1.29, 1.82) is 0 Å². The fourth-order valence-corrected chi connectivity index (χ4v) is 1.37. The summed E-state index contributed by atoms with van der Waals surface area (Å²) >= 11 is 0.